The summed E-state index contributed by atoms with van der Waals surface area (Å²) in [4.78, 5) is 17.3. The van der Waals surface area contributed by atoms with Gasteiger partial charge in [0.2, 0.25) is 0 Å². The van der Waals surface area contributed by atoms with Crippen LogP contribution < -0.4 is 10.2 Å². The predicted octanol–water partition coefficient (Wildman–Crippen LogP) is 5.51. The van der Waals surface area contributed by atoms with Gasteiger partial charge in [-0.25, -0.2) is 4.79 Å². The molecular weight excluding hydrogens is 334 g/mol. The number of hydrogen-bond donors (Lipinski definition) is 1. The Hall–Kier alpha value is -2.49. The van der Waals surface area contributed by atoms with Gasteiger partial charge >= 0.3 is 6.03 Å². The maximum atomic E-state index is 13.0. The van der Waals surface area contributed by atoms with E-state index in [1.807, 2.05) is 35.2 Å². The van der Waals surface area contributed by atoms with Gasteiger partial charge in [0.05, 0.1) is 11.4 Å². The van der Waals surface area contributed by atoms with Crippen LogP contribution in [0, 0.1) is 0 Å². The number of urea groups is 1. The highest BCUT2D eigenvalue weighted by Crippen LogP contribution is 2.28. The lowest BCUT2D eigenvalue weighted by atomic mass is 10.2. The van der Waals surface area contributed by atoms with Crippen LogP contribution in [0.1, 0.15) is 44.6 Å². The fourth-order valence-corrected chi connectivity index (χ4v) is 3.69. The average Bonchev–Trinajstić information content (AvgIpc) is 2.98. The summed E-state index contributed by atoms with van der Waals surface area (Å²) in [6.45, 7) is 5.61. The zero-order valence-corrected chi connectivity index (χ0v) is 16.4. The highest BCUT2D eigenvalue weighted by Gasteiger charge is 2.18. The van der Waals surface area contributed by atoms with Crippen molar-refractivity contribution in [2.75, 3.05) is 29.9 Å². The molecule has 0 spiro atoms. The smallest absolute Gasteiger partial charge is 0.322 e. The second kappa shape index (κ2) is 10.0. The largest absolute Gasteiger partial charge is 0.370 e. The minimum absolute atomic E-state index is 0.0250. The minimum atomic E-state index is -0.0250. The summed E-state index contributed by atoms with van der Waals surface area (Å²) in [5, 5.41) is 3.18. The van der Waals surface area contributed by atoms with Gasteiger partial charge in [0.25, 0.3) is 0 Å². The molecule has 4 nitrogen and oxygen atoms in total. The van der Waals surface area contributed by atoms with E-state index in [9.17, 15) is 4.79 Å². The van der Waals surface area contributed by atoms with E-state index in [-0.39, 0.29) is 6.03 Å². The molecule has 0 radical (unpaired) electrons. The number of amides is 2. The lowest BCUT2D eigenvalue weighted by Gasteiger charge is -2.27. The topological polar surface area (TPSA) is 35.6 Å². The number of benzene rings is 2. The van der Waals surface area contributed by atoms with Gasteiger partial charge in [0.15, 0.2) is 0 Å². The van der Waals surface area contributed by atoms with E-state index in [1.54, 1.807) is 0 Å². The third-order valence-electron chi connectivity index (χ3n) is 5.09. The van der Waals surface area contributed by atoms with E-state index >= 15 is 0 Å². The van der Waals surface area contributed by atoms with Crippen molar-refractivity contribution in [3.05, 3.63) is 60.2 Å². The van der Waals surface area contributed by atoms with Crippen LogP contribution in [0.25, 0.3) is 0 Å². The summed E-state index contributed by atoms with van der Waals surface area (Å²) < 4.78 is 0. The van der Waals surface area contributed by atoms with Gasteiger partial charge in [0.1, 0.15) is 0 Å². The molecule has 2 aromatic carbocycles. The zero-order valence-electron chi connectivity index (χ0n) is 16.4. The molecule has 3 rings (SSSR count). The zero-order chi connectivity index (χ0) is 18.9. The van der Waals surface area contributed by atoms with Gasteiger partial charge in [-0.15, -0.1) is 0 Å². The Morgan fingerprint density at radius 3 is 2.33 bits per heavy atom. The summed E-state index contributed by atoms with van der Waals surface area (Å²) in [5.41, 5.74) is 3.21. The van der Waals surface area contributed by atoms with Gasteiger partial charge in [-0.3, -0.25) is 0 Å². The summed E-state index contributed by atoms with van der Waals surface area (Å²) in [7, 11) is 0. The maximum absolute atomic E-state index is 13.0. The normalized spacial score (nSPS) is 14.5. The van der Waals surface area contributed by atoms with Crippen molar-refractivity contribution >= 4 is 17.4 Å². The van der Waals surface area contributed by atoms with Crippen molar-refractivity contribution in [3.8, 4) is 0 Å². The van der Waals surface area contributed by atoms with Gasteiger partial charge in [-0.05, 0) is 37.0 Å². The molecule has 0 saturated carbocycles. The van der Waals surface area contributed by atoms with Gasteiger partial charge in [0, 0.05) is 26.2 Å². The Bertz CT molecular complexity index is 709. The van der Waals surface area contributed by atoms with Crippen LogP contribution in [0.3, 0.4) is 0 Å². The molecule has 1 N–H and O–H groups in total. The molecule has 1 aliphatic heterocycles. The number of nitrogens with one attached hydrogen (secondary N) is 1. The molecule has 0 aromatic heterocycles. The van der Waals surface area contributed by atoms with Crippen LogP contribution in [0.15, 0.2) is 54.6 Å². The number of para-hydroxylation sites is 2. The highest BCUT2D eigenvalue weighted by atomic mass is 16.2. The minimum Gasteiger partial charge on any atom is -0.370 e. The van der Waals surface area contributed by atoms with E-state index in [1.165, 1.54) is 25.7 Å². The van der Waals surface area contributed by atoms with Crippen LogP contribution in [0.5, 0.6) is 0 Å². The Kier molecular flexibility index (Phi) is 7.14. The third-order valence-corrected chi connectivity index (χ3v) is 5.09. The van der Waals surface area contributed by atoms with Crippen molar-refractivity contribution in [1.29, 1.82) is 0 Å². The molecule has 1 heterocycles. The van der Waals surface area contributed by atoms with Crippen molar-refractivity contribution in [3.63, 3.8) is 0 Å². The number of anilines is 2. The fraction of sp³-hybridized carbons (Fsp3) is 0.435. The number of nitrogens with zero attached hydrogens (tertiary/aromatic N) is 2. The van der Waals surface area contributed by atoms with Crippen LogP contribution in [0.2, 0.25) is 0 Å². The molecule has 2 aromatic rings. The van der Waals surface area contributed by atoms with Crippen LogP contribution >= 0.6 is 0 Å². The summed E-state index contributed by atoms with van der Waals surface area (Å²) in [6, 6.07) is 18.4. The summed E-state index contributed by atoms with van der Waals surface area (Å²) in [5.74, 6) is 0. The van der Waals surface area contributed by atoms with Crippen molar-refractivity contribution < 1.29 is 4.79 Å². The molecule has 1 aliphatic rings. The second-order valence-corrected chi connectivity index (χ2v) is 7.26. The molecule has 4 heteroatoms. The molecule has 0 unspecified atom stereocenters. The lowest BCUT2D eigenvalue weighted by molar-refractivity contribution is 0.209. The molecule has 2 amide bonds. The quantitative estimate of drug-likeness (QED) is 0.732. The first-order valence-corrected chi connectivity index (χ1v) is 10.2. The molecule has 1 saturated heterocycles. The molecule has 144 valence electrons. The molecule has 0 atom stereocenters. The first-order chi connectivity index (χ1) is 13.3. The summed E-state index contributed by atoms with van der Waals surface area (Å²) >= 11 is 0. The standard InChI is InChI=1S/C23H31N3O/c1-2-16-26(19-20-12-6-5-7-13-20)23(27)24-21-14-8-9-15-22(21)25-17-10-3-4-11-18-25/h5-9,12-15H,2-4,10-11,16-19H2,1H3,(H,24,27). The first-order valence-electron chi connectivity index (χ1n) is 10.2. The van der Waals surface area contributed by atoms with Crippen molar-refractivity contribution in [1.82, 2.24) is 4.90 Å². The highest BCUT2D eigenvalue weighted by molar-refractivity contribution is 5.93. The number of carbonyl (C=O) groups excluding carboxylic acids is 1. The Morgan fingerprint density at radius 2 is 1.63 bits per heavy atom. The van der Waals surface area contributed by atoms with Crippen LogP contribution in [-0.4, -0.2) is 30.6 Å². The molecule has 0 bridgehead atoms. The van der Waals surface area contributed by atoms with Crippen LogP contribution in [-0.2, 0) is 6.54 Å². The third kappa shape index (κ3) is 5.49. The van der Waals surface area contributed by atoms with Gasteiger partial charge in [-0.2, -0.15) is 0 Å². The second-order valence-electron chi connectivity index (χ2n) is 7.26. The van der Waals surface area contributed by atoms with Gasteiger partial charge in [-0.1, -0.05) is 62.2 Å². The average molecular weight is 366 g/mol. The van der Waals surface area contributed by atoms with E-state index in [0.29, 0.717) is 6.54 Å². The molecule has 1 fully saturated rings. The Morgan fingerprint density at radius 1 is 0.963 bits per heavy atom. The molecule has 0 aliphatic carbocycles. The van der Waals surface area contributed by atoms with E-state index in [0.717, 1.165) is 43.0 Å². The van der Waals surface area contributed by atoms with E-state index in [4.69, 9.17) is 0 Å². The SMILES string of the molecule is CCCN(Cc1ccccc1)C(=O)Nc1ccccc1N1CCCCCC1. The number of rotatable bonds is 6. The number of hydrogen-bond acceptors (Lipinski definition) is 2. The van der Waals surface area contributed by atoms with E-state index in [2.05, 4.69) is 41.4 Å². The molecular formula is C23H31N3O. The van der Waals surface area contributed by atoms with E-state index < -0.39 is 0 Å². The monoisotopic (exact) mass is 365 g/mol. The number of carbonyl (C=O) groups is 1. The lowest BCUT2D eigenvalue weighted by Crippen LogP contribution is -2.35. The first kappa shape index (κ1) is 19.3. The molecule has 27 heavy (non-hydrogen) atoms. The van der Waals surface area contributed by atoms with Crippen LogP contribution in [0.4, 0.5) is 16.2 Å². The van der Waals surface area contributed by atoms with Crippen molar-refractivity contribution in [2.45, 2.75) is 45.6 Å². The fourth-order valence-electron chi connectivity index (χ4n) is 3.69. The van der Waals surface area contributed by atoms with Crippen molar-refractivity contribution in [2.24, 2.45) is 0 Å². The Labute approximate surface area is 163 Å². The summed E-state index contributed by atoms with van der Waals surface area (Å²) in [6.07, 6.45) is 5.98. The Balaban J connectivity index is 1.73. The maximum Gasteiger partial charge on any atom is 0.322 e. The van der Waals surface area contributed by atoms with Gasteiger partial charge < -0.3 is 15.1 Å². The predicted molar refractivity (Wildman–Crippen MR) is 113 cm³/mol.